The Kier molecular flexibility index (Phi) is 5.75. The number of Topliss-reactive ketones (excluding diaryl/α,β-unsaturated/α-hetero) is 1. The number of carbonyl (C=O) groups excluding carboxylic acids is 1. The van der Waals surface area contributed by atoms with E-state index in [0.29, 0.717) is 23.0 Å². The third-order valence-corrected chi connectivity index (χ3v) is 6.23. The van der Waals surface area contributed by atoms with Gasteiger partial charge in [-0.3, -0.25) is 9.69 Å². The van der Waals surface area contributed by atoms with Gasteiger partial charge in [-0.25, -0.2) is 9.97 Å². The average Bonchev–Trinajstić information content (AvgIpc) is 3.25. The van der Waals surface area contributed by atoms with Crippen LogP contribution < -0.4 is 0 Å². The summed E-state index contributed by atoms with van der Waals surface area (Å²) in [5.74, 6) is -0.427. The number of alkyl halides is 3. The molecular formula is C16H18F3N3O2S2. The minimum absolute atomic E-state index is 0.0624. The third-order valence-electron chi connectivity index (χ3n) is 4.22. The van der Waals surface area contributed by atoms with Crippen molar-refractivity contribution in [3.8, 4) is 10.6 Å². The molecule has 1 aliphatic heterocycles. The number of rotatable bonds is 6. The minimum Gasteiger partial charge on any atom is -0.389 e. The second-order valence-corrected chi connectivity index (χ2v) is 8.31. The summed E-state index contributed by atoms with van der Waals surface area (Å²) in [7, 11) is 0. The summed E-state index contributed by atoms with van der Waals surface area (Å²) in [6, 6.07) is 0. The number of likely N-dealkylation sites (tertiary alicyclic amines) is 1. The highest BCUT2D eigenvalue weighted by atomic mass is 32.1. The molecule has 1 N–H and O–H groups in total. The van der Waals surface area contributed by atoms with E-state index in [1.807, 2.05) is 12.3 Å². The van der Waals surface area contributed by atoms with Crippen molar-refractivity contribution in [1.29, 1.82) is 0 Å². The van der Waals surface area contributed by atoms with Gasteiger partial charge in [-0.05, 0) is 19.9 Å². The Labute approximate surface area is 156 Å². The maximum Gasteiger partial charge on any atom is 0.401 e. The molecule has 3 rings (SSSR count). The monoisotopic (exact) mass is 405 g/mol. The predicted octanol–water partition coefficient (Wildman–Crippen LogP) is 3.06. The van der Waals surface area contributed by atoms with Crippen LogP contribution >= 0.6 is 22.7 Å². The van der Waals surface area contributed by atoms with Crippen LogP contribution in [0.3, 0.4) is 0 Å². The number of ketones is 1. The van der Waals surface area contributed by atoms with Crippen molar-refractivity contribution >= 4 is 28.5 Å². The minimum atomic E-state index is -4.23. The van der Waals surface area contributed by atoms with Crippen molar-refractivity contribution < 1.29 is 23.1 Å². The Morgan fingerprint density at radius 3 is 2.81 bits per heavy atom. The van der Waals surface area contributed by atoms with Crippen LogP contribution in [-0.2, 0) is 17.8 Å². The van der Waals surface area contributed by atoms with Crippen LogP contribution in [0, 0.1) is 12.8 Å². The van der Waals surface area contributed by atoms with Gasteiger partial charge in [0.2, 0.25) is 0 Å². The fourth-order valence-electron chi connectivity index (χ4n) is 3.04. The number of aliphatic hydroxyl groups excluding tert-OH is 1. The maximum absolute atomic E-state index is 12.5. The number of halogens is 3. The molecule has 1 atom stereocenters. The molecule has 0 bridgehead atoms. The zero-order valence-electron chi connectivity index (χ0n) is 14.0. The molecule has 1 aliphatic rings. The summed E-state index contributed by atoms with van der Waals surface area (Å²) in [6.07, 6.45) is -3.64. The summed E-state index contributed by atoms with van der Waals surface area (Å²) in [5, 5.41) is 12.3. The molecule has 0 spiro atoms. The van der Waals surface area contributed by atoms with Gasteiger partial charge in [0.25, 0.3) is 0 Å². The lowest BCUT2D eigenvalue weighted by Gasteiger charge is -2.17. The molecule has 142 valence electrons. The lowest BCUT2D eigenvalue weighted by atomic mass is 10.0. The second kappa shape index (κ2) is 7.71. The number of aromatic nitrogens is 2. The van der Waals surface area contributed by atoms with Crippen molar-refractivity contribution in [2.75, 3.05) is 19.6 Å². The summed E-state index contributed by atoms with van der Waals surface area (Å²) in [6.45, 7) is 1.20. The molecule has 1 fully saturated rings. The van der Waals surface area contributed by atoms with Gasteiger partial charge in [0.05, 0.1) is 35.8 Å². The SMILES string of the molecule is Cc1nc(CO)sc1-c1csc(CC(=O)C2CCN(CC(F)(F)F)C2)n1. The molecule has 0 aromatic carbocycles. The van der Waals surface area contributed by atoms with Gasteiger partial charge in [-0.2, -0.15) is 13.2 Å². The van der Waals surface area contributed by atoms with E-state index in [4.69, 9.17) is 0 Å². The molecule has 3 heterocycles. The quantitative estimate of drug-likeness (QED) is 0.800. The first kappa shape index (κ1) is 19.4. The Morgan fingerprint density at radius 1 is 1.38 bits per heavy atom. The highest BCUT2D eigenvalue weighted by molar-refractivity contribution is 7.16. The van der Waals surface area contributed by atoms with Crippen LogP contribution in [0.5, 0.6) is 0 Å². The van der Waals surface area contributed by atoms with E-state index >= 15 is 0 Å². The zero-order valence-corrected chi connectivity index (χ0v) is 15.7. The summed E-state index contributed by atoms with van der Waals surface area (Å²) in [5.41, 5.74) is 1.50. The van der Waals surface area contributed by atoms with Gasteiger partial charge in [0.15, 0.2) is 0 Å². The van der Waals surface area contributed by atoms with E-state index in [2.05, 4.69) is 9.97 Å². The van der Waals surface area contributed by atoms with Crippen molar-refractivity contribution in [3.63, 3.8) is 0 Å². The van der Waals surface area contributed by atoms with Crippen molar-refractivity contribution in [2.45, 2.75) is 32.5 Å². The van der Waals surface area contributed by atoms with Crippen LogP contribution in [-0.4, -0.2) is 51.6 Å². The molecule has 0 radical (unpaired) electrons. The fourth-order valence-corrected chi connectivity index (χ4v) is 4.79. The normalized spacial score (nSPS) is 18.6. The standard InChI is InChI=1S/C16H18F3N3O2S2/c1-9-15(26-14(6-23)20-9)11-7-25-13(21-11)4-12(24)10-2-3-22(5-10)8-16(17,18)19/h7,10,23H,2-6,8H2,1H3. The van der Waals surface area contributed by atoms with Crippen LogP contribution in [0.1, 0.15) is 22.1 Å². The Balaban J connectivity index is 1.61. The molecule has 2 aromatic rings. The number of hydrogen-bond donors (Lipinski definition) is 1. The smallest absolute Gasteiger partial charge is 0.389 e. The summed E-state index contributed by atoms with van der Waals surface area (Å²) < 4.78 is 37.4. The average molecular weight is 405 g/mol. The first-order chi connectivity index (χ1) is 12.2. The maximum atomic E-state index is 12.5. The van der Waals surface area contributed by atoms with Crippen LogP contribution in [0.25, 0.3) is 10.6 Å². The van der Waals surface area contributed by atoms with Crippen LogP contribution in [0.4, 0.5) is 13.2 Å². The Hall–Kier alpha value is -1.36. The van der Waals surface area contributed by atoms with Crippen molar-refractivity contribution in [3.05, 3.63) is 21.1 Å². The van der Waals surface area contributed by atoms with E-state index in [0.717, 1.165) is 16.3 Å². The first-order valence-corrected chi connectivity index (χ1v) is 9.78. The van der Waals surface area contributed by atoms with Crippen LogP contribution in [0.2, 0.25) is 0 Å². The fraction of sp³-hybridized carbons (Fsp3) is 0.562. The Bertz CT molecular complexity index is 788. The van der Waals surface area contributed by atoms with Gasteiger partial charge in [-0.1, -0.05) is 0 Å². The number of aliphatic hydroxyl groups is 1. The van der Waals surface area contributed by atoms with Crippen LogP contribution in [0.15, 0.2) is 5.38 Å². The molecule has 10 heteroatoms. The highest BCUT2D eigenvalue weighted by Crippen LogP contribution is 2.31. The Morgan fingerprint density at radius 2 is 2.15 bits per heavy atom. The molecule has 0 aliphatic carbocycles. The largest absolute Gasteiger partial charge is 0.401 e. The number of carbonyl (C=O) groups is 1. The van der Waals surface area contributed by atoms with Crippen molar-refractivity contribution in [2.24, 2.45) is 5.92 Å². The van der Waals surface area contributed by atoms with Crippen molar-refractivity contribution in [1.82, 2.24) is 14.9 Å². The lowest BCUT2D eigenvalue weighted by molar-refractivity contribution is -0.144. The van der Waals surface area contributed by atoms with Gasteiger partial charge in [0.1, 0.15) is 15.8 Å². The van der Waals surface area contributed by atoms with E-state index in [-0.39, 0.29) is 31.3 Å². The van der Waals surface area contributed by atoms with E-state index in [1.165, 1.54) is 27.6 Å². The first-order valence-electron chi connectivity index (χ1n) is 8.09. The molecule has 1 unspecified atom stereocenters. The number of nitrogens with zero attached hydrogens (tertiary/aromatic N) is 3. The summed E-state index contributed by atoms with van der Waals surface area (Å²) >= 11 is 2.72. The molecule has 2 aromatic heterocycles. The van der Waals surface area contributed by atoms with E-state index in [1.54, 1.807) is 0 Å². The summed E-state index contributed by atoms with van der Waals surface area (Å²) in [4.78, 5) is 23.3. The predicted molar refractivity (Wildman–Crippen MR) is 93.2 cm³/mol. The molecule has 26 heavy (non-hydrogen) atoms. The highest BCUT2D eigenvalue weighted by Gasteiger charge is 2.36. The second-order valence-electron chi connectivity index (χ2n) is 6.29. The van der Waals surface area contributed by atoms with E-state index < -0.39 is 12.7 Å². The number of thiazole rings is 2. The number of aryl methyl sites for hydroxylation is 1. The lowest BCUT2D eigenvalue weighted by Crippen LogP contribution is -2.33. The molecule has 0 amide bonds. The molecule has 0 saturated carbocycles. The van der Waals surface area contributed by atoms with Gasteiger partial charge in [-0.15, -0.1) is 22.7 Å². The van der Waals surface area contributed by atoms with Gasteiger partial charge in [0, 0.05) is 17.8 Å². The third kappa shape index (κ3) is 4.67. The zero-order chi connectivity index (χ0) is 18.9. The topological polar surface area (TPSA) is 66.3 Å². The number of hydrogen-bond acceptors (Lipinski definition) is 7. The molecule has 5 nitrogen and oxygen atoms in total. The van der Waals surface area contributed by atoms with E-state index in [9.17, 15) is 23.1 Å². The van der Waals surface area contributed by atoms with Gasteiger partial charge >= 0.3 is 6.18 Å². The molecular weight excluding hydrogens is 387 g/mol. The molecule has 1 saturated heterocycles. The van der Waals surface area contributed by atoms with Gasteiger partial charge < -0.3 is 5.11 Å².